The van der Waals surface area contributed by atoms with Crippen LogP contribution in [0.25, 0.3) is 10.9 Å². The van der Waals surface area contributed by atoms with E-state index in [-0.39, 0.29) is 5.91 Å². The molecule has 1 aliphatic rings. The quantitative estimate of drug-likeness (QED) is 0.527. The fourth-order valence-electron chi connectivity index (χ4n) is 3.94. The Kier molecular flexibility index (Phi) is 5.41. The molecular formula is C24H25N7O. The summed E-state index contributed by atoms with van der Waals surface area (Å²) >= 11 is 0. The fraction of sp³-hybridized carbons (Fsp3) is 0.250. The van der Waals surface area contributed by atoms with Crippen LogP contribution in [0.3, 0.4) is 0 Å². The Hall–Kier alpha value is -3.94. The van der Waals surface area contributed by atoms with E-state index in [1.54, 1.807) is 0 Å². The summed E-state index contributed by atoms with van der Waals surface area (Å²) in [6.45, 7) is 5.18. The van der Waals surface area contributed by atoms with E-state index in [0.717, 1.165) is 41.2 Å². The Morgan fingerprint density at radius 2 is 1.75 bits per heavy atom. The van der Waals surface area contributed by atoms with Crippen LogP contribution in [0.5, 0.6) is 0 Å². The van der Waals surface area contributed by atoms with E-state index >= 15 is 0 Å². The Morgan fingerprint density at radius 1 is 0.938 bits per heavy atom. The molecule has 0 bridgehead atoms. The second kappa shape index (κ2) is 8.66. The maximum absolute atomic E-state index is 12.8. The smallest absolute Gasteiger partial charge is 0.242 e. The molecule has 162 valence electrons. The van der Waals surface area contributed by atoms with Gasteiger partial charge in [0.15, 0.2) is 11.6 Å². The number of pyridine rings is 1. The molecule has 1 aliphatic heterocycles. The van der Waals surface area contributed by atoms with Crippen molar-refractivity contribution < 1.29 is 4.79 Å². The SMILES string of the molecule is Cc1ccc(Nc2ccc(N3CCN(C(=O)Cn4ccc5ccccc54)CC3)nn2)nc1. The van der Waals surface area contributed by atoms with Gasteiger partial charge in [0.05, 0.1) is 0 Å². The number of aromatic nitrogens is 4. The summed E-state index contributed by atoms with van der Waals surface area (Å²) in [7, 11) is 0. The molecule has 1 fully saturated rings. The molecule has 0 atom stereocenters. The molecule has 4 heterocycles. The Labute approximate surface area is 186 Å². The third-order valence-electron chi connectivity index (χ3n) is 5.76. The zero-order chi connectivity index (χ0) is 21.9. The van der Waals surface area contributed by atoms with Crippen LogP contribution < -0.4 is 10.2 Å². The number of benzene rings is 1. The number of aryl methyl sites for hydroxylation is 1. The van der Waals surface area contributed by atoms with Gasteiger partial charge in [-0.25, -0.2) is 4.98 Å². The molecule has 8 nitrogen and oxygen atoms in total. The van der Waals surface area contributed by atoms with E-state index in [9.17, 15) is 4.79 Å². The molecule has 1 amide bonds. The number of hydrogen-bond acceptors (Lipinski definition) is 6. The van der Waals surface area contributed by atoms with Gasteiger partial charge in [0.25, 0.3) is 0 Å². The molecule has 0 radical (unpaired) electrons. The first-order valence-electron chi connectivity index (χ1n) is 10.8. The van der Waals surface area contributed by atoms with E-state index in [0.29, 0.717) is 25.5 Å². The maximum atomic E-state index is 12.8. The number of piperazine rings is 1. The van der Waals surface area contributed by atoms with Gasteiger partial charge < -0.3 is 19.7 Å². The number of carbonyl (C=O) groups is 1. The number of para-hydroxylation sites is 1. The lowest BCUT2D eigenvalue weighted by Crippen LogP contribution is -2.49. The second-order valence-electron chi connectivity index (χ2n) is 7.99. The highest BCUT2D eigenvalue weighted by molar-refractivity contribution is 5.83. The normalized spacial score (nSPS) is 14.0. The molecule has 1 N–H and O–H groups in total. The van der Waals surface area contributed by atoms with Gasteiger partial charge in [-0.3, -0.25) is 4.79 Å². The molecule has 1 aromatic carbocycles. The highest BCUT2D eigenvalue weighted by atomic mass is 16.2. The molecule has 0 unspecified atom stereocenters. The first-order chi connectivity index (χ1) is 15.7. The van der Waals surface area contributed by atoms with E-state index in [1.165, 1.54) is 0 Å². The highest BCUT2D eigenvalue weighted by Crippen LogP contribution is 2.18. The molecule has 0 spiro atoms. The molecule has 32 heavy (non-hydrogen) atoms. The van der Waals surface area contributed by atoms with Crippen molar-refractivity contribution in [1.82, 2.24) is 24.6 Å². The molecule has 0 saturated carbocycles. The lowest BCUT2D eigenvalue weighted by atomic mass is 10.2. The standard InChI is InChI=1S/C24H25N7O/c1-18-6-7-21(25-16-18)26-22-8-9-23(28-27-22)29-12-14-30(15-13-29)24(32)17-31-11-10-19-4-2-3-5-20(19)31/h2-11,16H,12-15,17H2,1H3,(H,25,26,27). The zero-order valence-electron chi connectivity index (χ0n) is 18.0. The van der Waals surface area contributed by atoms with Crippen LogP contribution in [-0.2, 0) is 11.3 Å². The summed E-state index contributed by atoms with van der Waals surface area (Å²) in [6, 6.07) is 17.9. The predicted octanol–water partition coefficient (Wildman–Crippen LogP) is 3.23. The molecule has 1 saturated heterocycles. The summed E-state index contributed by atoms with van der Waals surface area (Å²) in [5, 5.41) is 12.9. The van der Waals surface area contributed by atoms with Gasteiger partial charge >= 0.3 is 0 Å². The topological polar surface area (TPSA) is 79.2 Å². The van der Waals surface area contributed by atoms with Gasteiger partial charge in [-0.15, -0.1) is 10.2 Å². The van der Waals surface area contributed by atoms with Crippen molar-refractivity contribution >= 4 is 34.3 Å². The number of anilines is 3. The number of hydrogen-bond donors (Lipinski definition) is 1. The Morgan fingerprint density at radius 3 is 2.50 bits per heavy atom. The lowest BCUT2D eigenvalue weighted by molar-refractivity contribution is -0.132. The van der Waals surface area contributed by atoms with Crippen LogP contribution in [-0.4, -0.2) is 56.7 Å². The number of nitrogens with zero attached hydrogens (tertiary/aromatic N) is 6. The Bertz CT molecular complexity index is 1210. The van der Waals surface area contributed by atoms with Crippen molar-refractivity contribution in [3.63, 3.8) is 0 Å². The predicted molar refractivity (Wildman–Crippen MR) is 125 cm³/mol. The molecule has 4 aromatic rings. The van der Waals surface area contributed by atoms with E-state index in [4.69, 9.17) is 0 Å². The first-order valence-corrected chi connectivity index (χ1v) is 10.8. The number of fused-ring (bicyclic) bond motifs is 1. The largest absolute Gasteiger partial charge is 0.352 e. The van der Waals surface area contributed by atoms with E-state index in [1.807, 2.05) is 77.3 Å². The minimum absolute atomic E-state index is 0.141. The second-order valence-corrected chi connectivity index (χ2v) is 7.99. The minimum atomic E-state index is 0.141. The summed E-state index contributed by atoms with van der Waals surface area (Å²) in [4.78, 5) is 21.3. The molecule has 0 aliphatic carbocycles. The van der Waals surface area contributed by atoms with Gasteiger partial charge in [-0.1, -0.05) is 24.3 Å². The highest BCUT2D eigenvalue weighted by Gasteiger charge is 2.22. The monoisotopic (exact) mass is 427 g/mol. The molecule has 5 rings (SSSR count). The van der Waals surface area contributed by atoms with Crippen LogP contribution in [0.1, 0.15) is 5.56 Å². The van der Waals surface area contributed by atoms with Crippen molar-refractivity contribution in [1.29, 1.82) is 0 Å². The van der Waals surface area contributed by atoms with Gasteiger partial charge in [0.1, 0.15) is 12.4 Å². The third-order valence-corrected chi connectivity index (χ3v) is 5.76. The maximum Gasteiger partial charge on any atom is 0.242 e. The number of carbonyl (C=O) groups excluding carboxylic acids is 1. The lowest BCUT2D eigenvalue weighted by Gasteiger charge is -2.35. The average Bonchev–Trinajstić information content (AvgIpc) is 3.24. The van der Waals surface area contributed by atoms with Crippen LogP contribution >= 0.6 is 0 Å². The van der Waals surface area contributed by atoms with Gasteiger partial charge in [-0.2, -0.15) is 0 Å². The third kappa shape index (κ3) is 4.25. The molecular weight excluding hydrogens is 402 g/mol. The number of rotatable bonds is 5. The van der Waals surface area contributed by atoms with Crippen molar-refractivity contribution in [3.8, 4) is 0 Å². The molecule has 8 heteroatoms. The van der Waals surface area contributed by atoms with E-state index < -0.39 is 0 Å². The van der Waals surface area contributed by atoms with Crippen LogP contribution in [0.15, 0.2) is 67.0 Å². The van der Waals surface area contributed by atoms with Crippen molar-refractivity contribution in [2.75, 3.05) is 36.4 Å². The average molecular weight is 428 g/mol. The minimum Gasteiger partial charge on any atom is -0.352 e. The zero-order valence-corrected chi connectivity index (χ0v) is 18.0. The number of nitrogens with one attached hydrogen (secondary N) is 1. The van der Waals surface area contributed by atoms with Crippen molar-refractivity contribution in [3.05, 3.63) is 72.6 Å². The number of amides is 1. The first kappa shape index (κ1) is 20.0. The van der Waals surface area contributed by atoms with Crippen LogP contribution in [0.4, 0.5) is 17.5 Å². The summed E-state index contributed by atoms with van der Waals surface area (Å²) in [6.07, 6.45) is 3.79. The summed E-state index contributed by atoms with van der Waals surface area (Å²) in [5.41, 5.74) is 2.20. The van der Waals surface area contributed by atoms with Crippen molar-refractivity contribution in [2.24, 2.45) is 0 Å². The Balaban J connectivity index is 1.16. The summed E-state index contributed by atoms with van der Waals surface area (Å²) in [5.74, 6) is 2.34. The summed E-state index contributed by atoms with van der Waals surface area (Å²) < 4.78 is 2.02. The fourth-order valence-corrected chi connectivity index (χ4v) is 3.94. The van der Waals surface area contributed by atoms with Crippen LogP contribution in [0.2, 0.25) is 0 Å². The van der Waals surface area contributed by atoms with Gasteiger partial charge in [0, 0.05) is 44.1 Å². The van der Waals surface area contributed by atoms with Gasteiger partial charge in [0.2, 0.25) is 5.91 Å². The molecule has 3 aromatic heterocycles. The van der Waals surface area contributed by atoms with Crippen LogP contribution in [0, 0.1) is 6.92 Å². The van der Waals surface area contributed by atoms with E-state index in [2.05, 4.69) is 31.5 Å². The van der Waals surface area contributed by atoms with Crippen molar-refractivity contribution in [2.45, 2.75) is 13.5 Å². The van der Waals surface area contributed by atoms with Gasteiger partial charge in [-0.05, 0) is 48.2 Å².